The Kier molecular flexibility index (Phi) is 8.29. The van der Waals surface area contributed by atoms with Crippen molar-refractivity contribution >= 4 is 5.78 Å². The third-order valence-electron chi connectivity index (χ3n) is 6.71. The number of aliphatic hydroxyl groups is 1. The number of nitrogens with zero attached hydrogens (tertiary/aromatic N) is 1. The number of rotatable bonds is 11. The Morgan fingerprint density at radius 3 is 2.56 bits per heavy atom. The van der Waals surface area contributed by atoms with E-state index in [1.54, 1.807) is 7.11 Å². The minimum atomic E-state index is -0.768. The number of aliphatic hydroxyl groups excluding tert-OH is 1. The lowest BCUT2D eigenvalue weighted by molar-refractivity contribution is -0.121. The van der Waals surface area contributed by atoms with E-state index in [0.717, 1.165) is 30.7 Å². The summed E-state index contributed by atoms with van der Waals surface area (Å²) in [6.07, 6.45) is 2.13. The van der Waals surface area contributed by atoms with Gasteiger partial charge in [0, 0.05) is 31.3 Å². The molecule has 1 N–H and O–H groups in total. The lowest BCUT2D eigenvalue weighted by Gasteiger charge is -2.30. The molecule has 2 aliphatic rings. The summed E-state index contributed by atoms with van der Waals surface area (Å²) < 4.78 is 22.2. The summed E-state index contributed by atoms with van der Waals surface area (Å²) >= 11 is 0. The van der Waals surface area contributed by atoms with Crippen LogP contribution in [0.3, 0.4) is 0 Å². The molecule has 0 unspecified atom stereocenters. The van der Waals surface area contributed by atoms with Crippen LogP contribution in [-0.2, 0) is 4.79 Å². The van der Waals surface area contributed by atoms with E-state index >= 15 is 0 Å². The van der Waals surface area contributed by atoms with Gasteiger partial charge in [0.25, 0.3) is 0 Å². The van der Waals surface area contributed by atoms with Gasteiger partial charge in [-0.15, -0.1) is 0 Å². The summed E-state index contributed by atoms with van der Waals surface area (Å²) in [6.45, 7) is 5.22. The second-order valence-corrected chi connectivity index (χ2v) is 9.11. The molecule has 0 bridgehead atoms. The number of fused-ring (bicyclic) bond motifs is 1. The van der Waals surface area contributed by atoms with E-state index in [1.165, 1.54) is 0 Å². The molecular weight excluding hydrogens is 434 g/mol. The molecule has 1 saturated heterocycles. The highest BCUT2D eigenvalue weighted by molar-refractivity contribution is 5.78. The van der Waals surface area contributed by atoms with Crippen LogP contribution < -0.4 is 18.9 Å². The third kappa shape index (κ3) is 6.21. The largest absolute Gasteiger partial charge is 0.497 e. The van der Waals surface area contributed by atoms with Crippen molar-refractivity contribution in [1.82, 2.24) is 4.90 Å². The maximum Gasteiger partial charge on any atom is 0.161 e. The molecule has 3 atom stereocenters. The van der Waals surface area contributed by atoms with Gasteiger partial charge in [0.15, 0.2) is 11.5 Å². The molecule has 0 radical (unpaired) electrons. The monoisotopic (exact) mass is 469 g/mol. The van der Waals surface area contributed by atoms with Crippen molar-refractivity contribution in [3.63, 3.8) is 0 Å². The minimum absolute atomic E-state index is 0.0851. The molecular formula is C27H35NO6. The van der Waals surface area contributed by atoms with Gasteiger partial charge in [0.05, 0.1) is 19.8 Å². The van der Waals surface area contributed by atoms with Crippen molar-refractivity contribution in [3.05, 3.63) is 48.0 Å². The van der Waals surface area contributed by atoms with Gasteiger partial charge < -0.3 is 29.0 Å². The molecule has 0 amide bonds. The Balaban J connectivity index is 1.38. The van der Waals surface area contributed by atoms with E-state index in [1.807, 2.05) is 42.5 Å². The Hall–Kier alpha value is -2.77. The van der Waals surface area contributed by atoms with Gasteiger partial charge in [-0.1, -0.05) is 6.07 Å². The highest BCUT2D eigenvalue weighted by Crippen LogP contribution is 2.36. The first-order valence-corrected chi connectivity index (χ1v) is 12.1. The summed E-state index contributed by atoms with van der Waals surface area (Å²) in [7, 11) is 1.62. The highest BCUT2D eigenvalue weighted by atomic mass is 16.6. The van der Waals surface area contributed by atoms with Crippen LogP contribution in [0.4, 0.5) is 0 Å². The number of ketones is 1. The number of hydrogen-bond acceptors (Lipinski definition) is 7. The Morgan fingerprint density at radius 2 is 1.85 bits per heavy atom. The van der Waals surface area contributed by atoms with E-state index in [9.17, 15) is 9.90 Å². The Bertz CT molecular complexity index is 947. The Labute approximate surface area is 201 Å². The summed E-state index contributed by atoms with van der Waals surface area (Å²) in [5, 5.41) is 11.3. The summed E-state index contributed by atoms with van der Waals surface area (Å²) in [4.78, 5) is 15.3. The van der Waals surface area contributed by atoms with Gasteiger partial charge in [-0.2, -0.15) is 0 Å². The molecule has 2 aliphatic heterocycles. The maximum atomic E-state index is 12.9. The van der Waals surface area contributed by atoms with Crippen LogP contribution in [0.25, 0.3) is 0 Å². The van der Waals surface area contributed by atoms with Crippen LogP contribution in [0.5, 0.6) is 23.0 Å². The van der Waals surface area contributed by atoms with Crippen LogP contribution in [0.15, 0.2) is 42.5 Å². The molecule has 2 aromatic rings. The first-order valence-electron chi connectivity index (χ1n) is 12.1. The number of hydrogen-bond donors (Lipinski definition) is 1. The topological polar surface area (TPSA) is 77.5 Å². The van der Waals surface area contributed by atoms with Gasteiger partial charge in [0.2, 0.25) is 0 Å². The fraction of sp³-hybridized carbons (Fsp3) is 0.519. The average Bonchev–Trinajstić information content (AvgIpc) is 3.27. The normalized spacial score (nSPS) is 19.4. The smallest absolute Gasteiger partial charge is 0.161 e. The zero-order chi connectivity index (χ0) is 23.9. The molecule has 2 heterocycles. The van der Waals surface area contributed by atoms with Gasteiger partial charge in [-0.25, -0.2) is 0 Å². The minimum Gasteiger partial charge on any atom is -0.497 e. The fourth-order valence-electron chi connectivity index (χ4n) is 4.71. The van der Waals surface area contributed by atoms with Crippen molar-refractivity contribution < 1.29 is 28.8 Å². The zero-order valence-electron chi connectivity index (χ0n) is 20.1. The molecule has 7 heteroatoms. The van der Waals surface area contributed by atoms with Crippen LogP contribution in [0, 0.1) is 5.92 Å². The summed E-state index contributed by atoms with van der Waals surface area (Å²) in [5.74, 6) is 2.68. The van der Waals surface area contributed by atoms with Crippen molar-refractivity contribution in [2.45, 2.75) is 44.8 Å². The van der Waals surface area contributed by atoms with E-state index in [4.69, 9.17) is 18.9 Å². The molecule has 2 aromatic carbocycles. The van der Waals surface area contributed by atoms with Crippen molar-refractivity contribution in [2.24, 2.45) is 5.92 Å². The van der Waals surface area contributed by atoms with Crippen LogP contribution in [-0.4, -0.2) is 61.9 Å². The molecule has 0 aromatic heterocycles. The number of likely N-dealkylation sites (tertiary alicyclic amines) is 1. The average molecular weight is 470 g/mol. The molecule has 7 nitrogen and oxygen atoms in total. The molecule has 0 saturated carbocycles. The molecule has 1 fully saturated rings. The van der Waals surface area contributed by atoms with Crippen LogP contribution >= 0.6 is 0 Å². The van der Waals surface area contributed by atoms with Crippen molar-refractivity contribution in [1.29, 1.82) is 0 Å². The number of benzene rings is 2. The van der Waals surface area contributed by atoms with E-state index < -0.39 is 6.10 Å². The number of carbonyl (C=O) groups excluding carboxylic acids is 1. The number of carbonyl (C=O) groups is 1. The second-order valence-electron chi connectivity index (χ2n) is 9.11. The number of ether oxygens (including phenoxy) is 4. The number of Topliss-reactive ketones (excluding diaryl/α,β-unsaturated/α-hetero) is 1. The molecule has 34 heavy (non-hydrogen) atoms. The number of methoxy groups -OCH3 is 1. The van der Waals surface area contributed by atoms with Crippen molar-refractivity contribution in [3.8, 4) is 23.0 Å². The molecule has 0 aliphatic carbocycles. The SMILES string of the molecule is COc1ccc(OCCC(=O)C[C@H](CN2CCC[C@H]2C)[C@H](O)c2ccc3c(c2)OCCO3)cc1. The van der Waals surface area contributed by atoms with E-state index in [0.29, 0.717) is 62.5 Å². The summed E-state index contributed by atoms with van der Waals surface area (Å²) in [6, 6.07) is 13.3. The zero-order valence-corrected chi connectivity index (χ0v) is 20.1. The van der Waals surface area contributed by atoms with Gasteiger partial charge in [-0.3, -0.25) is 4.79 Å². The predicted molar refractivity (Wildman–Crippen MR) is 129 cm³/mol. The summed E-state index contributed by atoms with van der Waals surface area (Å²) in [5.41, 5.74) is 0.753. The molecule has 184 valence electrons. The highest BCUT2D eigenvalue weighted by Gasteiger charge is 2.30. The maximum absolute atomic E-state index is 12.9. The second kappa shape index (κ2) is 11.6. The Morgan fingerprint density at radius 1 is 1.12 bits per heavy atom. The van der Waals surface area contributed by atoms with Gasteiger partial charge >= 0.3 is 0 Å². The predicted octanol–water partition coefficient (Wildman–Crippen LogP) is 4.03. The molecule has 0 spiro atoms. The lowest BCUT2D eigenvalue weighted by Crippen LogP contribution is -2.35. The van der Waals surface area contributed by atoms with E-state index in [2.05, 4.69) is 11.8 Å². The first kappa shape index (κ1) is 24.4. The quantitative estimate of drug-likeness (QED) is 0.532. The van der Waals surface area contributed by atoms with Crippen LogP contribution in [0.2, 0.25) is 0 Å². The fourth-order valence-corrected chi connectivity index (χ4v) is 4.71. The van der Waals surface area contributed by atoms with Crippen LogP contribution in [0.1, 0.15) is 44.3 Å². The van der Waals surface area contributed by atoms with Gasteiger partial charge in [-0.05, 0) is 68.3 Å². The molecule has 4 rings (SSSR count). The first-order chi connectivity index (χ1) is 16.5. The van der Waals surface area contributed by atoms with Gasteiger partial charge in [0.1, 0.15) is 30.5 Å². The van der Waals surface area contributed by atoms with Crippen molar-refractivity contribution in [2.75, 3.05) is 40.0 Å². The van der Waals surface area contributed by atoms with E-state index in [-0.39, 0.29) is 11.7 Å². The third-order valence-corrected chi connectivity index (χ3v) is 6.71. The standard InChI is InChI=1S/C27H35NO6/c1-19-4-3-12-28(19)18-21(27(30)20-5-10-25-26(17-20)34-15-14-33-25)16-22(29)11-13-32-24-8-6-23(31-2)7-9-24/h5-10,17,19,21,27,30H,3-4,11-16,18H2,1-2H3/t19-,21-,27-/m1/s1. The lowest BCUT2D eigenvalue weighted by atomic mass is 9.89.